The number of carbonyl (C=O) groups is 1. The molecule has 0 saturated carbocycles. The molecule has 0 aliphatic rings. The Labute approximate surface area is 150 Å². The normalized spacial score (nSPS) is 10.6. The van der Waals surface area contributed by atoms with Gasteiger partial charge in [0.1, 0.15) is 5.02 Å². The second kappa shape index (κ2) is 6.91. The van der Waals surface area contributed by atoms with Crippen LogP contribution in [0.3, 0.4) is 0 Å². The molecule has 3 rings (SSSR count). The molecule has 0 aliphatic heterocycles. The van der Waals surface area contributed by atoms with Crippen LogP contribution in [0.25, 0.3) is 0 Å². The third kappa shape index (κ3) is 3.95. The van der Waals surface area contributed by atoms with Gasteiger partial charge in [-0.15, -0.1) is 5.10 Å². The smallest absolute Gasteiger partial charge is 0.343 e. The maximum atomic E-state index is 12.1. The van der Waals surface area contributed by atoms with E-state index in [4.69, 9.17) is 23.2 Å². The fraction of sp³-hybridized carbons (Fsp3) is 0.0714. The third-order valence-corrected chi connectivity index (χ3v) is 3.73. The number of benzene rings is 1. The fourth-order valence-corrected chi connectivity index (χ4v) is 2.36. The van der Waals surface area contributed by atoms with Crippen LogP contribution in [-0.2, 0) is 6.54 Å². The average molecular weight is 381 g/mol. The average Bonchev–Trinajstić information content (AvgIpc) is 3.17. The van der Waals surface area contributed by atoms with Gasteiger partial charge in [-0.3, -0.25) is 9.48 Å². The van der Waals surface area contributed by atoms with Crippen LogP contribution in [0.5, 0.6) is 0 Å². The van der Waals surface area contributed by atoms with Crippen LogP contribution in [0, 0.1) is 10.1 Å². The van der Waals surface area contributed by atoms with Gasteiger partial charge in [0, 0.05) is 11.2 Å². The first-order valence-electron chi connectivity index (χ1n) is 6.91. The van der Waals surface area contributed by atoms with Gasteiger partial charge < -0.3 is 15.4 Å². The number of nitrogens with zero attached hydrogens (tertiary/aromatic N) is 4. The minimum atomic E-state index is -0.683. The van der Waals surface area contributed by atoms with Crippen molar-refractivity contribution in [1.29, 1.82) is 0 Å². The molecule has 0 bridgehead atoms. The van der Waals surface area contributed by atoms with E-state index in [1.807, 2.05) is 12.1 Å². The van der Waals surface area contributed by atoms with Gasteiger partial charge in [0.25, 0.3) is 5.91 Å². The van der Waals surface area contributed by atoms with Gasteiger partial charge in [-0.25, -0.2) is 0 Å². The molecule has 9 nitrogen and oxygen atoms in total. The molecule has 128 valence electrons. The number of anilines is 1. The first kappa shape index (κ1) is 16.9. The summed E-state index contributed by atoms with van der Waals surface area (Å²) in [4.78, 5) is 22.0. The van der Waals surface area contributed by atoms with E-state index in [9.17, 15) is 14.9 Å². The quantitative estimate of drug-likeness (QED) is 0.520. The van der Waals surface area contributed by atoms with E-state index < -0.39 is 10.8 Å². The number of amides is 1. The first-order chi connectivity index (χ1) is 11.9. The lowest BCUT2D eigenvalue weighted by Crippen LogP contribution is -2.13. The number of rotatable bonds is 5. The molecule has 0 saturated heterocycles. The summed E-state index contributed by atoms with van der Waals surface area (Å²) >= 11 is 11.9. The largest absolute Gasteiger partial charge is 0.358 e. The molecule has 0 unspecified atom stereocenters. The number of halogens is 2. The number of hydrogen-bond donors (Lipinski definition) is 2. The summed E-state index contributed by atoms with van der Waals surface area (Å²) in [6.07, 6.45) is 1.55. The predicted molar refractivity (Wildman–Crippen MR) is 91.0 cm³/mol. The minimum Gasteiger partial charge on any atom is -0.358 e. The van der Waals surface area contributed by atoms with E-state index in [-0.39, 0.29) is 22.4 Å². The van der Waals surface area contributed by atoms with Crippen molar-refractivity contribution >= 4 is 40.7 Å². The van der Waals surface area contributed by atoms with Crippen LogP contribution in [0.15, 0.2) is 36.5 Å². The molecular weight excluding hydrogens is 371 g/mol. The zero-order valence-corrected chi connectivity index (χ0v) is 14.0. The molecule has 1 amide bonds. The molecule has 3 aromatic rings. The molecule has 0 spiro atoms. The maximum Gasteiger partial charge on any atom is 0.343 e. The molecule has 0 atom stereocenters. The van der Waals surface area contributed by atoms with Crippen LogP contribution in [-0.4, -0.2) is 30.8 Å². The van der Waals surface area contributed by atoms with Crippen molar-refractivity contribution in [2.45, 2.75) is 6.54 Å². The van der Waals surface area contributed by atoms with E-state index in [2.05, 4.69) is 20.6 Å². The Balaban J connectivity index is 1.72. The topological polar surface area (TPSA) is 119 Å². The lowest BCUT2D eigenvalue weighted by atomic mass is 10.2. The van der Waals surface area contributed by atoms with Gasteiger partial charge in [-0.1, -0.05) is 40.4 Å². The van der Waals surface area contributed by atoms with Crippen molar-refractivity contribution in [2.75, 3.05) is 5.32 Å². The van der Waals surface area contributed by atoms with Crippen LogP contribution in [0.4, 0.5) is 11.6 Å². The summed E-state index contributed by atoms with van der Waals surface area (Å²) in [6.45, 7) is 0.431. The Hall–Kier alpha value is -2.91. The predicted octanol–water partition coefficient (Wildman–Crippen LogP) is 3.12. The lowest BCUT2D eigenvalue weighted by molar-refractivity contribution is -0.389. The number of nitro groups is 1. The van der Waals surface area contributed by atoms with E-state index in [1.54, 1.807) is 23.0 Å². The highest BCUT2D eigenvalue weighted by atomic mass is 35.5. The number of carbonyl (C=O) groups excluding carboxylic acids is 1. The Morgan fingerprint density at radius 2 is 2.04 bits per heavy atom. The van der Waals surface area contributed by atoms with Crippen molar-refractivity contribution in [2.24, 2.45) is 0 Å². The van der Waals surface area contributed by atoms with Gasteiger partial charge in [0.2, 0.25) is 0 Å². The first-order valence-corrected chi connectivity index (χ1v) is 7.66. The van der Waals surface area contributed by atoms with E-state index in [0.29, 0.717) is 11.6 Å². The Kier molecular flexibility index (Phi) is 4.68. The zero-order valence-electron chi connectivity index (χ0n) is 12.4. The number of nitrogens with one attached hydrogen (secondary N) is 2. The van der Waals surface area contributed by atoms with Gasteiger partial charge >= 0.3 is 5.82 Å². The second-order valence-electron chi connectivity index (χ2n) is 5.00. The van der Waals surface area contributed by atoms with Crippen molar-refractivity contribution in [3.05, 3.63) is 67.9 Å². The van der Waals surface area contributed by atoms with E-state index in [0.717, 1.165) is 11.6 Å². The molecule has 0 radical (unpaired) electrons. The van der Waals surface area contributed by atoms with Gasteiger partial charge in [-0.2, -0.15) is 5.10 Å². The molecule has 0 aliphatic carbocycles. The lowest BCUT2D eigenvalue weighted by Gasteiger charge is -2.02. The van der Waals surface area contributed by atoms with Crippen molar-refractivity contribution in [3.8, 4) is 0 Å². The van der Waals surface area contributed by atoms with Crippen LogP contribution in [0.1, 0.15) is 16.1 Å². The molecular formula is C14H10Cl2N6O3. The van der Waals surface area contributed by atoms with Gasteiger partial charge in [0.05, 0.1) is 12.6 Å². The molecule has 11 heteroatoms. The standard InChI is InChI=1S/C14H10Cl2N6O3/c15-9-3-1-8(2-4-9)6-21-7-10(16)13(20-21)17-14(23)11-5-12(19-18-11)22(24)25/h1-5,7H,6H2,(H,18,19)(H,17,20,23). The molecule has 2 heterocycles. The SMILES string of the molecule is O=C(Nc1nn(Cc2ccc(Cl)cc2)cc1Cl)c1cc([N+](=O)[O-])[nH]n1. The van der Waals surface area contributed by atoms with Crippen molar-refractivity contribution in [1.82, 2.24) is 20.0 Å². The van der Waals surface area contributed by atoms with Gasteiger partial charge in [0.15, 0.2) is 11.5 Å². The second-order valence-corrected chi connectivity index (χ2v) is 5.84. The number of aromatic amines is 1. The summed E-state index contributed by atoms with van der Waals surface area (Å²) in [5, 5.41) is 23.8. The highest BCUT2D eigenvalue weighted by molar-refractivity contribution is 6.33. The molecule has 1 aromatic carbocycles. The van der Waals surface area contributed by atoms with Crippen molar-refractivity contribution in [3.63, 3.8) is 0 Å². The van der Waals surface area contributed by atoms with E-state index >= 15 is 0 Å². The third-order valence-electron chi connectivity index (χ3n) is 3.20. The van der Waals surface area contributed by atoms with Crippen LogP contribution < -0.4 is 5.32 Å². The number of H-pyrrole nitrogens is 1. The van der Waals surface area contributed by atoms with Crippen LogP contribution >= 0.6 is 23.2 Å². The number of hydrogen-bond acceptors (Lipinski definition) is 5. The Morgan fingerprint density at radius 1 is 1.32 bits per heavy atom. The monoisotopic (exact) mass is 380 g/mol. The summed E-state index contributed by atoms with van der Waals surface area (Å²) in [6, 6.07) is 8.23. The summed E-state index contributed by atoms with van der Waals surface area (Å²) < 4.78 is 1.55. The molecule has 0 fully saturated rings. The molecule has 2 aromatic heterocycles. The molecule has 25 heavy (non-hydrogen) atoms. The van der Waals surface area contributed by atoms with Crippen LogP contribution in [0.2, 0.25) is 10.0 Å². The maximum absolute atomic E-state index is 12.1. The number of aromatic nitrogens is 4. The van der Waals surface area contributed by atoms with E-state index in [1.165, 1.54) is 0 Å². The summed E-state index contributed by atoms with van der Waals surface area (Å²) in [5.74, 6) is -0.918. The van der Waals surface area contributed by atoms with Crippen molar-refractivity contribution < 1.29 is 9.72 Å². The zero-order chi connectivity index (χ0) is 18.0. The fourth-order valence-electron chi connectivity index (χ4n) is 2.03. The highest BCUT2D eigenvalue weighted by Gasteiger charge is 2.19. The summed E-state index contributed by atoms with van der Waals surface area (Å²) in [7, 11) is 0. The highest BCUT2D eigenvalue weighted by Crippen LogP contribution is 2.21. The molecule has 2 N–H and O–H groups in total. The Bertz CT molecular complexity index is 934. The summed E-state index contributed by atoms with van der Waals surface area (Å²) in [5.41, 5.74) is 0.805. The van der Waals surface area contributed by atoms with Gasteiger partial charge in [-0.05, 0) is 22.6 Å². The Morgan fingerprint density at radius 3 is 2.68 bits per heavy atom. The minimum absolute atomic E-state index is 0.131.